The molecule has 0 spiro atoms. The molecule has 3 rings (SSSR count). The van der Waals surface area contributed by atoms with Gasteiger partial charge in [0, 0.05) is 25.4 Å². The van der Waals surface area contributed by atoms with Gasteiger partial charge < -0.3 is 20.5 Å². The van der Waals surface area contributed by atoms with Crippen molar-refractivity contribution in [2.75, 3.05) is 19.7 Å². The quantitative estimate of drug-likeness (QED) is 0.399. The third-order valence-electron chi connectivity index (χ3n) is 6.51. The van der Waals surface area contributed by atoms with Crippen molar-refractivity contribution in [1.29, 1.82) is 0 Å². The lowest BCUT2D eigenvalue weighted by Gasteiger charge is -2.22. The van der Waals surface area contributed by atoms with Crippen molar-refractivity contribution in [3.63, 3.8) is 0 Å². The number of hydrogen-bond acceptors (Lipinski definition) is 4. The summed E-state index contributed by atoms with van der Waals surface area (Å²) in [5.41, 5.74) is 4.26. The van der Waals surface area contributed by atoms with Gasteiger partial charge >= 0.3 is 12.1 Å². The number of nitrogens with one attached hydrogen (secondary N) is 2. The van der Waals surface area contributed by atoms with E-state index in [1.54, 1.807) is 0 Å². The van der Waals surface area contributed by atoms with Crippen LogP contribution in [0.1, 0.15) is 63.5 Å². The number of hydrogen-bond donors (Lipinski definition) is 3. The fourth-order valence-corrected chi connectivity index (χ4v) is 4.49. The molecule has 0 fully saturated rings. The standard InChI is InChI=1S/C28H36N2O5/c1-19(12-13-25(31)30-18-28(2,3)16-26(32)33)14-15-29-27(34)35-17-24-22-10-6-4-8-20(22)21-9-5-7-11-23(21)24/h4-11,19,24H,12-18H2,1-3H3,(H,29,34)(H,30,31)(H,32,33). The van der Waals surface area contributed by atoms with E-state index >= 15 is 0 Å². The normalized spacial score (nSPS) is 13.5. The minimum atomic E-state index is -0.873. The Balaban J connectivity index is 1.34. The molecule has 0 heterocycles. The minimum Gasteiger partial charge on any atom is -0.481 e. The van der Waals surface area contributed by atoms with Crippen molar-refractivity contribution >= 4 is 18.0 Å². The maximum atomic E-state index is 12.3. The molecule has 0 saturated heterocycles. The van der Waals surface area contributed by atoms with Crippen LogP contribution in [0.5, 0.6) is 0 Å². The van der Waals surface area contributed by atoms with Crippen LogP contribution in [0.3, 0.4) is 0 Å². The number of ether oxygens (including phenoxy) is 1. The van der Waals surface area contributed by atoms with Crippen molar-refractivity contribution in [2.24, 2.45) is 11.3 Å². The zero-order valence-corrected chi connectivity index (χ0v) is 20.8. The maximum absolute atomic E-state index is 12.3. The summed E-state index contributed by atoms with van der Waals surface area (Å²) in [4.78, 5) is 35.3. The lowest BCUT2D eigenvalue weighted by atomic mass is 9.89. The molecule has 2 amide bonds. The maximum Gasteiger partial charge on any atom is 0.407 e. The van der Waals surface area contributed by atoms with Gasteiger partial charge in [-0.2, -0.15) is 0 Å². The number of carbonyl (C=O) groups is 3. The Morgan fingerprint density at radius 2 is 1.57 bits per heavy atom. The number of aliphatic carboxylic acids is 1. The van der Waals surface area contributed by atoms with E-state index in [4.69, 9.17) is 9.84 Å². The molecule has 2 aromatic carbocycles. The summed E-state index contributed by atoms with van der Waals surface area (Å²) in [7, 11) is 0. The second-order valence-corrected chi connectivity index (χ2v) is 10.2. The van der Waals surface area contributed by atoms with Gasteiger partial charge in [-0.1, -0.05) is 69.3 Å². The number of rotatable bonds is 12. The molecule has 0 saturated carbocycles. The SMILES string of the molecule is CC(CCNC(=O)OCC1c2ccccc2-c2ccccc21)CCC(=O)NCC(C)(C)CC(=O)O. The molecular weight excluding hydrogens is 444 g/mol. The summed E-state index contributed by atoms with van der Waals surface area (Å²) < 4.78 is 5.55. The van der Waals surface area contributed by atoms with Crippen LogP contribution in [0.4, 0.5) is 4.79 Å². The van der Waals surface area contributed by atoms with Crippen molar-refractivity contribution in [3.8, 4) is 11.1 Å². The first kappa shape index (κ1) is 26.3. The summed E-state index contributed by atoms with van der Waals surface area (Å²) in [6.07, 6.45) is 1.37. The van der Waals surface area contributed by atoms with Crippen LogP contribution in [-0.2, 0) is 14.3 Å². The Kier molecular flexibility index (Phi) is 8.90. The molecular formula is C28H36N2O5. The highest BCUT2D eigenvalue weighted by atomic mass is 16.5. The van der Waals surface area contributed by atoms with Gasteiger partial charge in [0.1, 0.15) is 6.61 Å². The van der Waals surface area contributed by atoms with Gasteiger partial charge in [-0.05, 0) is 46.4 Å². The van der Waals surface area contributed by atoms with E-state index in [1.165, 1.54) is 22.3 Å². The van der Waals surface area contributed by atoms with E-state index in [-0.39, 0.29) is 30.8 Å². The molecule has 7 heteroatoms. The first-order valence-electron chi connectivity index (χ1n) is 12.2. The van der Waals surface area contributed by atoms with Crippen LogP contribution < -0.4 is 10.6 Å². The monoisotopic (exact) mass is 480 g/mol. The fourth-order valence-electron chi connectivity index (χ4n) is 4.49. The Morgan fingerprint density at radius 1 is 0.971 bits per heavy atom. The molecule has 3 N–H and O–H groups in total. The van der Waals surface area contributed by atoms with Gasteiger partial charge in [-0.3, -0.25) is 9.59 Å². The van der Waals surface area contributed by atoms with Crippen LogP contribution in [0, 0.1) is 11.3 Å². The highest BCUT2D eigenvalue weighted by Gasteiger charge is 2.29. The zero-order valence-electron chi connectivity index (χ0n) is 20.8. The van der Waals surface area contributed by atoms with E-state index in [1.807, 2.05) is 45.0 Å². The highest BCUT2D eigenvalue weighted by Crippen LogP contribution is 2.44. The lowest BCUT2D eigenvalue weighted by molar-refractivity contribution is -0.139. The average Bonchev–Trinajstić information content (AvgIpc) is 3.13. The van der Waals surface area contributed by atoms with E-state index in [9.17, 15) is 14.4 Å². The minimum absolute atomic E-state index is 0.00518. The Bertz CT molecular complexity index is 1000. The van der Waals surface area contributed by atoms with Crippen LogP contribution in [0.2, 0.25) is 0 Å². The Morgan fingerprint density at radius 3 is 2.17 bits per heavy atom. The Labute approximate surface area is 207 Å². The van der Waals surface area contributed by atoms with Crippen LogP contribution >= 0.6 is 0 Å². The van der Waals surface area contributed by atoms with E-state index < -0.39 is 17.5 Å². The number of benzene rings is 2. The van der Waals surface area contributed by atoms with Gasteiger partial charge in [0.2, 0.25) is 5.91 Å². The first-order valence-corrected chi connectivity index (χ1v) is 12.2. The van der Waals surface area contributed by atoms with Crippen molar-refractivity contribution < 1.29 is 24.2 Å². The highest BCUT2D eigenvalue weighted by molar-refractivity contribution is 5.79. The molecule has 188 valence electrons. The van der Waals surface area contributed by atoms with E-state index in [2.05, 4.69) is 34.9 Å². The first-order chi connectivity index (χ1) is 16.7. The molecule has 1 aliphatic rings. The summed E-state index contributed by atoms with van der Waals surface area (Å²) >= 11 is 0. The van der Waals surface area contributed by atoms with Crippen molar-refractivity contribution in [1.82, 2.24) is 10.6 Å². The van der Waals surface area contributed by atoms with Gasteiger partial charge in [-0.25, -0.2) is 4.79 Å². The van der Waals surface area contributed by atoms with E-state index in [0.29, 0.717) is 25.9 Å². The van der Waals surface area contributed by atoms with Gasteiger partial charge in [0.15, 0.2) is 0 Å². The average molecular weight is 481 g/mol. The smallest absolute Gasteiger partial charge is 0.407 e. The topological polar surface area (TPSA) is 105 Å². The lowest BCUT2D eigenvalue weighted by Crippen LogP contribution is -2.35. The van der Waals surface area contributed by atoms with Crippen LogP contribution in [0.25, 0.3) is 11.1 Å². The zero-order chi connectivity index (χ0) is 25.4. The molecule has 0 bridgehead atoms. The summed E-state index contributed by atoms with van der Waals surface area (Å²) in [5.74, 6) is -0.672. The molecule has 7 nitrogen and oxygen atoms in total. The predicted molar refractivity (Wildman–Crippen MR) is 135 cm³/mol. The molecule has 0 aliphatic heterocycles. The van der Waals surface area contributed by atoms with Gasteiger partial charge in [-0.15, -0.1) is 0 Å². The molecule has 35 heavy (non-hydrogen) atoms. The fraction of sp³-hybridized carbons (Fsp3) is 0.464. The summed E-state index contributed by atoms with van der Waals surface area (Å²) in [6, 6.07) is 16.5. The second kappa shape index (κ2) is 11.9. The molecule has 0 radical (unpaired) electrons. The number of fused-ring (bicyclic) bond motifs is 3. The number of alkyl carbamates (subject to hydrolysis) is 1. The van der Waals surface area contributed by atoms with Crippen LogP contribution in [-0.4, -0.2) is 42.8 Å². The summed E-state index contributed by atoms with van der Waals surface area (Å²) in [6.45, 7) is 6.77. The number of carboxylic acids is 1. The molecule has 1 atom stereocenters. The van der Waals surface area contributed by atoms with Crippen LogP contribution in [0.15, 0.2) is 48.5 Å². The molecule has 1 aliphatic carbocycles. The Hall–Kier alpha value is -3.35. The second-order valence-electron chi connectivity index (χ2n) is 10.2. The molecule has 0 aromatic heterocycles. The van der Waals surface area contributed by atoms with Gasteiger partial charge in [0.05, 0.1) is 6.42 Å². The number of carboxylic acid groups (broad SMARTS) is 1. The van der Waals surface area contributed by atoms with Crippen molar-refractivity contribution in [2.45, 2.75) is 52.4 Å². The van der Waals surface area contributed by atoms with Crippen molar-refractivity contribution in [3.05, 3.63) is 59.7 Å². The molecule has 1 unspecified atom stereocenters. The largest absolute Gasteiger partial charge is 0.481 e. The number of amides is 2. The number of carbonyl (C=O) groups excluding carboxylic acids is 2. The third kappa shape index (κ3) is 7.57. The predicted octanol–water partition coefficient (Wildman–Crippen LogP) is 4.95. The van der Waals surface area contributed by atoms with Gasteiger partial charge in [0.25, 0.3) is 0 Å². The molecule has 2 aromatic rings. The van der Waals surface area contributed by atoms with E-state index in [0.717, 1.165) is 6.42 Å². The third-order valence-corrected chi connectivity index (χ3v) is 6.51. The summed E-state index contributed by atoms with van der Waals surface area (Å²) in [5, 5.41) is 14.6.